The molecule has 1 aliphatic heterocycles. The standard InChI is InChI=1S/C27H41N3O8/c1-19(25(31)29-23-13-7-6-12-21(23)18-24(29)26(32)33)28-22(15-14-20-10-4-2-5-11-20)27(34)37-16-8-3-9-17-38-30(35)36/h2,4-5,10-11,19,21-24,28,35-36H,3,6-9,12-18H2,1H3,(H,32,33). The molecule has 5 unspecified atom stereocenters. The fraction of sp³-hybridized carbons (Fsp3) is 0.667. The number of nitrogens with one attached hydrogen (secondary N) is 1. The largest absolute Gasteiger partial charge is 0.480 e. The summed E-state index contributed by atoms with van der Waals surface area (Å²) in [5.41, 5.74) is 1.06. The van der Waals surface area contributed by atoms with Crippen LogP contribution >= 0.6 is 0 Å². The van der Waals surface area contributed by atoms with Gasteiger partial charge in [-0.25, -0.2) is 4.79 Å². The number of amides is 1. The minimum atomic E-state index is -0.976. The monoisotopic (exact) mass is 535 g/mol. The molecular weight excluding hydrogens is 494 g/mol. The van der Waals surface area contributed by atoms with E-state index in [1.165, 1.54) is 0 Å². The molecule has 11 nitrogen and oxygen atoms in total. The zero-order valence-corrected chi connectivity index (χ0v) is 22.0. The van der Waals surface area contributed by atoms with Crippen molar-refractivity contribution >= 4 is 17.8 Å². The highest BCUT2D eigenvalue weighted by Gasteiger charge is 2.48. The molecule has 38 heavy (non-hydrogen) atoms. The third kappa shape index (κ3) is 8.74. The molecule has 1 saturated carbocycles. The van der Waals surface area contributed by atoms with E-state index < -0.39 is 30.1 Å². The number of hydrogen-bond donors (Lipinski definition) is 4. The molecule has 0 spiro atoms. The fourth-order valence-corrected chi connectivity index (χ4v) is 5.62. The van der Waals surface area contributed by atoms with Crippen molar-refractivity contribution in [2.75, 3.05) is 13.2 Å². The number of hydrogen-bond acceptors (Lipinski definition) is 9. The van der Waals surface area contributed by atoms with Crippen LogP contribution in [0.15, 0.2) is 30.3 Å². The van der Waals surface area contributed by atoms with Gasteiger partial charge in [-0.15, -0.1) is 0 Å². The molecule has 212 valence electrons. The number of benzene rings is 1. The second kappa shape index (κ2) is 15.1. The number of aryl methyl sites for hydroxylation is 1. The molecule has 0 aromatic heterocycles. The second-order valence-corrected chi connectivity index (χ2v) is 10.2. The lowest BCUT2D eigenvalue weighted by atomic mass is 9.84. The Morgan fingerprint density at radius 3 is 2.50 bits per heavy atom. The van der Waals surface area contributed by atoms with Crippen LogP contribution in [-0.2, 0) is 30.4 Å². The molecule has 1 aromatic rings. The summed E-state index contributed by atoms with van der Waals surface area (Å²) in [5.74, 6) is -1.51. The molecule has 3 rings (SSSR count). The summed E-state index contributed by atoms with van der Waals surface area (Å²) in [6.45, 7) is 1.99. The van der Waals surface area contributed by atoms with E-state index in [9.17, 15) is 19.5 Å². The minimum absolute atomic E-state index is 0.0657. The van der Waals surface area contributed by atoms with Gasteiger partial charge in [-0.3, -0.25) is 30.2 Å². The van der Waals surface area contributed by atoms with Crippen molar-refractivity contribution in [3.63, 3.8) is 0 Å². The van der Waals surface area contributed by atoms with E-state index in [1.807, 2.05) is 30.3 Å². The molecule has 1 aliphatic carbocycles. The van der Waals surface area contributed by atoms with Crippen LogP contribution < -0.4 is 5.32 Å². The van der Waals surface area contributed by atoms with Gasteiger partial charge in [0.2, 0.25) is 5.91 Å². The maximum Gasteiger partial charge on any atom is 0.326 e. The van der Waals surface area contributed by atoms with E-state index in [-0.39, 0.29) is 36.5 Å². The van der Waals surface area contributed by atoms with Crippen LogP contribution in [0.1, 0.15) is 70.3 Å². The van der Waals surface area contributed by atoms with Crippen LogP contribution in [0, 0.1) is 5.92 Å². The topological polar surface area (TPSA) is 149 Å². The van der Waals surface area contributed by atoms with Gasteiger partial charge < -0.3 is 14.7 Å². The lowest BCUT2D eigenvalue weighted by Gasteiger charge is -2.35. The van der Waals surface area contributed by atoms with Gasteiger partial charge in [0.25, 0.3) is 0 Å². The number of aliphatic carboxylic acids is 1. The molecule has 1 heterocycles. The zero-order valence-electron chi connectivity index (χ0n) is 22.0. The van der Waals surface area contributed by atoms with E-state index in [0.717, 1.165) is 31.2 Å². The highest BCUT2D eigenvalue weighted by atomic mass is 17.1. The normalized spacial score (nSPS) is 22.6. The number of carbonyl (C=O) groups is 3. The van der Waals surface area contributed by atoms with E-state index in [0.29, 0.717) is 38.5 Å². The third-order valence-electron chi connectivity index (χ3n) is 7.54. The molecular formula is C27H41N3O8. The maximum absolute atomic E-state index is 13.6. The lowest BCUT2D eigenvalue weighted by Crippen LogP contribution is -2.55. The third-order valence-corrected chi connectivity index (χ3v) is 7.54. The first-order chi connectivity index (χ1) is 18.3. The highest BCUT2D eigenvalue weighted by Crippen LogP contribution is 2.40. The van der Waals surface area contributed by atoms with Crippen LogP contribution in [0.2, 0.25) is 0 Å². The van der Waals surface area contributed by atoms with Crippen molar-refractivity contribution in [3.8, 4) is 0 Å². The molecule has 1 saturated heterocycles. The Hall–Kier alpha value is -2.57. The SMILES string of the molecule is CC(NC(CCc1ccccc1)C(=O)OCCCCCON(O)O)C(=O)N1C(C(=O)O)CC2CCCCC21. The highest BCUT2D eigenvalue weighted by molar-refractivity contribution is 5.88. The quantitative estimate of drug-likeness (QED) is 0.150. The molecule has 2 fully saturated rings. The number of esters is 1. The summed E-state index contributed by atoms with van der Waals surface area (Å²) in [4.78, 5) is 44.6. The molecule has 0 bridgehead atoms. The predicted octanol–water partition coefficient (Wildman–Crippen LogP) is 2.94. The van der Waals surface area contributed by atoms with E-state index in [2.05, 4.69) is 10.2 Å². The number of likely N-dealkylation sites (tertiary alicyclic amines) is 1. The Morgan fingerprint density at radius 1 is 1.08 bits per heavy atom. The van der Waals surface area contributed by atoms with Crippen molar-refractivity contribution < 1.29 is 39.5 Å². The van der Waals surface area contributed by atoms with Crippen molar-refractivity contribution in [1.82, 2.24) is 15.6 Å². The van der Waals surface area contributed by atoms with Gasteiger partial charge in [0.1, 0.15) is 12.1 Å². The smallest absolute Gasteiger partial charge is 0.326 e. The number of fused-ring (bicyclic) bond motifs is 1. The summed E-state index contributed by atoms with van der Waals surface area (Å²) < 4.78 is 5.50. The van der Waals surface area contributed by atoms with E-state index in [4.69, 9.17) is 15.2 Å². The van der Waals surface area contributed by atoms with Gasteiger partial charge in [-0.1, -0.05) is 43.2 Å². The van der Waals surface area contributed by atoms with Crippen molar-refractivity contribution in [2.24, 2.45) is 5.92 Å². The minimum Gasteiger partial charge on any atom is -0.480 e. The summed E-state index contributed by atoms with van der Waals surface area (Å²) in [7, 11) is 0. The summed E-state index contributed by atoms with van der Waals surface area (Å²) in [5, 5.41) is 29.7. The van der Waals surface area contributed by atoms with Crippen LogP contribution in [0.5, 0.6) is 0 Å². The first-order valence-electron chi connectivity index (χ1n) is 13.6. The summed E-state index contributed by atoms with van der Waals surface area (Å²) in [6, 6.07) is 7.36. The predicted molar refractivity (Wildman–Crippen MR) is 136 cm³/mol. The van der Waals surface area contributed by atoms with Crippen molar-refractivity contribution in [1.29, 1.82) is 0 Å². The van der Waals surface area contributed by atoms with Gasteiger partial charge in [0, 0.05) is 6.04 Å². The Bertz CT molecular complexity index is 900. The van der Waals surface area contributed by atoms with Gasteiger partial charge in [0.05, 0.1) is 24.6 Å². The molecule has 2 aliphatic rings. The van der Waals surface area contributed by atoms with Crippen LogP contribution in [0.4, 0.5) is 0 Å². The molecule has 1 aromatic carbocycles. The Balaban J connectivity index is 1.60. The number of carboxylic acids is 1. The number of nitrogens with zero attached hydrogens (tertiary/aromatic N) is 2. The second-order valence-electron chi connectivity index (χ2n) is 10.2. The number of carbonyl (C=O) groups excluding carboxylic acids is 2. The number of ether oxygens (including phenoxy) is 1. The van der Waals surface area contributed by atoms with Crippen LogP contribution in [-0.4, -0.2) is 81.0 Å². The van der Waals surface area contributed by atoms with Crippen LogP contribution in [0.3, 0.4) is 0 Å². The number of unbranched alkanes of at least 4 members (excludes halogenated alkanes) is 2. The van der Waals surface area contributed by atoms with Crippen LogP contribution in [0.25, 0.3) is 0 Å². The fourth-order valence-electron chi connectivity index (χ4n) is 5.62. The Labute approximate surface area is 223 Å². The average Bonchev–Trinajstić information content (AvgIpc) is 3.30. The molecule has 5 atom stereocenters. The van der Waals surface area contributed by atoms with E-state index in [1.54, 1.807) is 11.8 Å². The van der Waals surface area contributed by atoms with Crippen molar-refractivity contribution in [3.05, 3.63) is 35.9 Å². The lowest BCUT2D eigenvalue weighted by molar-refractivity contribution is -0.492. The zero-order chi connectivity index (χ0) is 27.5. The van der Waals surface area contributed by atoms with Gasteiger partial charge in [-0.2, -0.15) is 0 Å². The Morgan fingerprint density at radius 2 is 1.79 bits per heavy atom. The van der Waals surface area contributed by atoms with Gasteiger partial charge in [0.15, 0.2) is 0 Å². The van der Waals surface area contributed by atoms with Gasteiger partial charge in [-0.05, 0) is 69.8 Å². The maximum atomic E-state index is 13.6. The van der Waals surface area contributed by atoms with Gasteiger partial charge >= 0.3 is 11.9 Å². The molecule has 4 N–H and O–H groups in total. The number of rotatable bonds is 15. The summed E-state index contributed by atoms with van der Waals surface area (Å²) >= 11 is 0. The Kier molecular flexibility index (Phi) is 11.9. The molecule has 0 radical (unpaired) electrons. The number of carboxylic acid groups (broad SMARTS) is 1. The molecule has 11 heteroatoms. The van der Waals surface area contributed by atoms with Crippen molar-refractivity contribution in [2.45, 2.75) is 95.3 Å². The summed E-state index contributed by atoms with van der Waals surface area (Å²) in [6.07, 6.45) is 7.09. The first-order valence-corrected chi connectivity index (χ1v) is 13.6. The molecule has 1 amide bonds. The first kappa shape index (κ1) is 30.0. The average molecular weight is 536 g/mol. The van der Waals surface area contributed by atoms with E-state index >= 15 is 0 Å².